The maximum atomic E-state index is 11.6. The van der Waals surface area contributed by atoms with Crippen LogP contribution >= 0.6 is 11.3 Å². The Balaban J connectivity index is 0.00000173. The van der Waals surface area contributed by atoms with Gasteiger partial charge in [-0.15, -0.1) is 11.3 Å². The monoisotopic (exact) mass is 588 g/mol. The Morgan fingerprint density at radius 1 is 1.19 bits per heavy atom. The Labute approximate surface area is 252 Å². The molecule has 3 unspecified atom stereocenters. The molecule has 2 bridgehead atoms. The number of aldehydes is 1. The van der Waals surface area contributed by atoms with E-state index in [0.717, 1.165) is 98.2 Å². The van der Waals surface area contributed by atoms with E-state index in [-0.39, 0.29) is 5.92 Å². The van der Waals surface area contributed by atoms with Gasteiger partial charge in [0.2, 0.25) is 0 Å². The number of benzene rings is 2. The third-order valence-electron chi connectivity index (χ3n) is 8.81. The molecule has 0 radical (unpaired) electrons. The summed E-state index contributed by atoms with van der Waals surface area (Å²) in [7, 11) is 1.00. The molecule has 42 heavy (non-hydrogen) atoms. The predicted molar refractivity (Wildman–Crippen MR) is 165 cm³/mol. The number of rotatable bonds is 8. The molecule has 222 valence electrons. The van der Waals surface area contributed by atoms with Crippen molar-refractivity contribution in [2.75, 3.05) is 44.9 Å². The number of morpholine rings is 1. The number of aryl methyl sites for hydroxylation is 1. The molecule has 3 atom stereocenters. The molecule has 1 aliphatic carbocycles. The van der Waals surface area contributed by atoms with E-state index in [2.05, 4.69) is 47.2 Å². The van der Waals surface area contributed by atoms with Gasteiger partial charge in [-0.25, -0.2) is 4.98 Å². The van der Waals surface area contributed by atoms with Crippen LogP contribution < -0.4 is 9.64 Å². The number of piperidine rings is 1. The lowest BCUT2D eigenvalue weighted by molar-refractivity contribution is -0.113. The third-order valence-corrected chi connectivity index (χ3v) is 9.71. The van der Waals surface area contributed by atoms with Gasteiger partial charge in [-0.3, -0.25) is 4.90 Å². The van der Waals surface area contributed by atoms with E-state index >= 15 is 0 Å². The first-order valence-electron chi connectivity index (χ1n) is 14.7. The van der Waals surface area contributed by atoms with Gasteiger partial charge in [0.15, 0.2) is 5.13 Å². The lowest BCUT2D eigenvalue weighted by Gasteiger charge is -2.35. The first-order chi connectivity index (χ1) is 20.5. The summed E-state index contributed by atoms with van der Waals surface area (Å²) in [5.74, 6) is 1.86. The third kappa shape index (κ3) is 6.52. The first-order valence-corrected chi connectivity index (χ1v) is 15.6. The van der Waals surface area contributed by atoms with E-state index in [1.54, 1.807) is 11.3 Å². The van der Waals surface area contributed by atoms with E-state index < -0.39 is 0 Å². The Kier molecular flexibility index (Phi) is 9.91. The highest BCUT2D eigenvalue weighted by Crippen LogP contribution is 2.43. The summed E-state index contributed by atoms with van der Waals surface area (Å²) in [6.07, 6.45) is 3.45. The molecule has 9 heteroatoms. The van der Waals surface area contributed by atoms with E-state index in [4.69, 9.17) is 19.6 Å². The number of nitrogens with zero attached hydrogens (tertiary/aromatic N) is 4. The standard InChI is InChI=1S/C32H36N4O3S.CH4O/c1-21-3-8-31(39-19-26-5-4-23(12-27(26)13-33)14-35-9-10-38-18-22(35)2)28(11-21)30-20-40-32(34-30)36-15-24-6-7-25(16-36)29(24)17-37;1-2/h3-5,8,11-12,17,20,22,24-25,29H,6-7,9-10,14-16,18-19H2,1-2H3;2H,1H3. The van der Waals surface area contributed by atoms with Crippen molar-refractivity contribution >= 4 is 22.8 Å². The minimum atomic E-state index is 0.211. The molecule has 3 heterocycles. The summed E-state index contributed by atoms with van der Waals surface area (Å²) in [5.41, 5.74) is 5.66. The fraction of sp³-hybridized carbons (Fsp3) is 0.485. The van der Waals surface area contributed by atoms with Crippen molar-refractivity contribution in [1.29, 1.82) is 5.26 Å². The number of fused-ring (bicyclic) bond motifs is 2. The Bertz CT molecular complexity index is 1410. The van der Waals surface area contributed by atoms with Crippen LogP contribution in [0.3, 0.4) is 0 Å². The van der Waals surface area contributed by atoms with Crippen LogP contribution in [0.1, 0.15) is 42.0 Å². The summed E-state index contributed by atoms with van der Waals surface area (Å²) in [6, 6.07) is 15.0. The maximum Gasteiger partial charge on any atom is 0.185 e. The summed E-state index contributed by atoms with van der Waals surface area (Å²) in [4.78, 5) is 21.4. The second-order valence-electron chi connectivity index (χ2n) is 11.5. The number of ether oxygens (including phenoxy) is 2. The molecular formula is C33H40N4O4S. The lowest BCUT2D eigenvalue weighted by atomic mass is 9.87. The van der Waals surface area contributed by atoms with Crippen molar-refractivity contribution in [1.82, 2.24) is 9.88 Å². The molecule has 8 nitrogen and oxygen atoms in total. The van der Waals surface area contributed by atoms with Crippen LogP contribution in [0.15, 0.2) is 41.8 Å². The SMILES string of the molecule is CO.Cc1ccc(OCc2ccc(CN3CCOCC3C)cc2C#N)c(-c2csc(N3CC4CCC(C3)C4C=O)n2)c1. The molecule has 3 aliphatic rings. The van der Waals surface area contributed by atoms with Crippen LogP contribution in [0.25, 0.3) is 11.3 Å². The molecule has 0 amide bonds. The van der Waals surface area contributed by atoms with Crippen LogP contribution in [0, 0.1) is 36.0 Å². The van der Waals surface area contributed by atoms with E-state index in [9.17, 15) is 10.1 Å². The molecule has 1 N–H and O–H groups in total. The van der Waals surface area contributed by atoms with Gasteiger partial charge < -0.3 is 24.3 Å². The Morgan fingerprint density at radius 3 is 2.69 bits per heavy atom. The summed E-state index contributed by atoms with van der Waals surface area (Å²) in [5, 5.41) is 20.0. The van der Waals surface area contributed by atoms with Gasteiger partial charge in [-0.05, 0) is 62.3 Å². The Hall–Kier alpha value is -3.29. The number of aromatic nitrogens is 1. The molecule has 6 rings (SSSR count). The second kappa shape index (κ2) is 13.8. The number of hydrogen-bond donors (Lipinski definition) is 1. The molecule has 1 saturated carbocycles. The zero-order valence-electron chi connectivity index (χ0n) is 24.7. The van der Waals surface area contributed by atoms with Gasteiger partial charge >= 0.3 is 0 Å². The highest BCUT2D eigenvalue weighted by molar-refractivity contribution is 7.14. The quantitative estimate of drug-likeness (QED) is 0.365. The number of nitriles is 1. The van der Waals surface area contributed by atoms with Crippen molar-refractivity contribution < 1.29 is 19.4 Å². The van der Waals surface area contributed by atoms with Crippen molar-refractivity contribution in [3.8, 4) is 23.1 Å². The number of carbonyl (C=O) groups excluding carboxylic acids is 1. The van der Waals surface area contributed by atoms with E-state index in [0.29, 0.717) is 30.0 Å². The first kappa shape index (κ1) is 30.2. The molecule has 1 aromatic heterocycles. The minimum Gasteiger partial charge on any atom is -0.488 e. The molecule has 2 saturated heterocycles. The van der Waals surface area contributed by atoms with Crippen molar-refractivity contribution in [3.05, 3.63) is 64.0 Å². The zero-order chi connectivity index (χ0) is 29.6. The average Bonchev–Trinajstić information content (AvgIpc) is 3.60. The van der Waals surface area contributed by atoms with Crippen LogP contribution in [-0.2, 0) is 22.7 Å². The van der Waals surface area contributed by atoms with Gasteiger partial charge in [0.1, 0.15) is 18.6 Å². The van der Waals surface area contributed by atoms with Crippen molar-refractivity contribution in [3.63, 3.8) is 0 Å². The molecule has 3 aromatic rings. The maximum absolute atomic E-state index is 11.6. The number of carbonyl (C=O) groups is 1. The van der Waals surface area contributed by atoms with E-state index in [1.165, 1.54) is 6.29 Å². The Morgan fingerprint density at radius 2 is 1.98 bits per heavy atom. The molecule has 2 aromatic carbocycles. The number of aliphatic hydroxyl groups is 1. The van der Waals surface area contributed by atoms with Crippen molar-refractivity contribution in [2.45, 2.75) is 45.9 Å². The smallest absolute Gasteiger partial charge is 0.185 e. The normalized spacial score (nSPS) is 23.5. The fourth-order valence-electron chi connectivity index (χ4n) is 6.48. The predicted octanol–water partition coefficient (Wildman–Crippen LogP) is 5.06. The summed E-state index contributed by atoms with van der Waals surface area (Å²) < 4.78 is 11.9. The van der Waals surface area contributed by atoms with Gasteiger partial charge in [0.05, 0.1) is 30.5 Å². The molecular weight excluding hydrogens is 548 g/mol. The molecule has 3 fully saturated rings. The largest absolute Gasteiger partial charge is 0.488 e. The summed E-state index contributed by atoms with van der Waals surface area (Å²) >= 11 is 1.66. The zero-order valence-corrected chi connectivity index (χ0v) is 25.5. The van der Waals surface area contributed by atoms with Crippen LogP contribution in [-0.4, -0.2) is 67.3 Å². The van der Waals surface area contributed by atoms with Gasteiger partial charge in [-0.1, -0.05) is 23.8 Å². The fourth-order valence-corrected chi connectivity index (χ4v) is 7.33. The number of thiazole rings is 1. The average molecular weight is 589 g/mol. The highest BCUT2D eigenvalue weighted by Gasteiger charge is 2.42. The van der Waals surface area contributed by atoms with Gasteiger partial charge in [-0.2, -0.15) is 5.26 Å². The van der Waals surface area contributed by atoms with Gasteiger partial charge in [0.25, 0.3) is 0 Å². The van der Waals surface area contributed by atoms with Crippen LogP contribution in [0.5, 0.6) is 5.75 Å². The lowest BCUT2D eigenvalue weighted by Crippen LogP contribution is -2.42. The number of hydrogen-bond acceptors (Lipinski definition) is 9. The number of aliphatic hydroxyl groups excluding tert-OH is 1. The minimum absolute atomic E-state index is 0.211. The topological polar surface area (TPSA) is 98.9 Å². The van der Waals surface area contributed by atoms with Crippen LogP contribution in [0.4, 0.5) is 5.13 Å². The second-order valence-corrected chi connectivity index (χ2v) is 12.4. The van der Waals surface area contributed by atoms with Crippen LogP contribution in [0.2, 0.25) is 0 Å². The van der Waals surface area contributed by atoms with Gasteiger partial charge in [0, 0.05) is 61.8 Å². The molecule has 0 spiro atoms. The summed E-state index contributed by atoms with van der Waals surface area (Å²) in [6.45, 7) is 9.58. The van der Waals surface area contributed by atoms with E-state index in [1.807, 2.05) is 24.3 Å². The van der Waals surface area contributed by atoms with Crippen molar-refractivity contribution in [2.24, 2.45) is 17.8 Å². The number of anilines is 1. The highest BCUT2D eigenvalue weighted by atomic mass is 32.1. The molecule has 2 aliphatic heterocycles.